The highest BCUT2D eigenvalue weighted by molar-refractivity contribution is 5.15. The summed E-state index contributed by atoms with van der Waals surface area (Å²) >= 11 is 0. The molecule has 70 valence electrons. The highest BCUT2D eigenvalue weighted by Gasteiger charge is 2.36. The Morgan fingerprint density at radius 2 is 2.00 bits per heavy atom. The minimum absolute atomic E-state index is 0.391. The molecular formula is C6H10O6. The second-order valence-corrected chi connectivity index (χ2v) is 2.40. The normalized spacial score (nSPS) is 32.0. The molecule has 0 amide bonds. The molecule has 6 nitrogen and oxygen atoms in total. The lowest BCUT2D eigenvalue weighted by atomic mass is 10.2. The Morgan fingerprint density at radius 1 is 1.42 bits per heavy atom. The lowest BCUT2D eigenvalue weighted by Gasteiger charge is -2.10. The summed E-state index contributed by atoms with van der Waals surface area (Å²) in [5.74, 6) is -1.04. The monoisotopic (exact) mass is 178 g/mol. The van der Waals surface area contributed by atoms with Crippen LogP contribution in [0.25, 0.3) is 0 Å². The van der Waals surface area contributed by atoms with Crippen LogP contribution in [0.3, 0.4) is 0 Å². The largest absolute Gasteiger partial charge is 0.506 e. The first-order valence-electron chi connectivity index (χ1n) is 3.32. The van der Waals surface area contributed by atoms with Gasteiger partial charge in [0.05, 0.1) is 6.61 Å². The molecule has 0 saturated heterocycles. The maximum absolute atomic E-state index is 9.00. The van der Waals surface area contributed by atoms with E-state index in [-0.39, 0.29) is 0 Å². The predicted molar refractivity (Wildman–Crippen MR) is 35.8 cm³/mol. The van der Waals surface area contributed by atoms with E-state index < -0.39 is 36.6 Å². The van der Waals surface area contributed by atoms with E-state index in [1.165, 1.54) is 0 Å². The number of aliphatic hydroxyl groups excluding tert-OH is 5. The average Bonchev–Trinajstić information content (AvgIpc) is 2.32. The summed E-state index contributed by atoms with van der Waals surface area (Å²) in [6.07, 6.45) is -4.56. The number of hydrogen-bond donors (Lipinski definition) is 5. The molecule has 0 aromatic rings. The Labute approximate surface area is 68.0 Å². The summed E-state index contributed by atoms with van der Waals surface area (Å²) in [7, 11) is 0. The third-order valence-electron chi connectivity index (χ3n) is 1.53. The Morgan fingerprint density at radius 3 is 2.33 bits per heavy atom. The van der Waals surface area contributed by atoms with Gasteiger partial charge in [-0.3, -0.25) is 0 Å². The molecule has 1 unspecified atom stereocenters. The van der Waals surface area contributed by atoms with E-state index in [4.69, 9.17) is 25.5 Å². The smallest absolute Gasteiger partial charge is 0.231 e. The topological polar surface area (TPSA) is 110 Å². The van der Waals surface area contributed by atoms with Crippen LogP contribution < -0.4 is 0 Å². The van der Waals surface area contributed by atoms with E-state index in [9.17, 15) is 0 Å². The molecule has 1 rings (SSSR count). The van der Waals surface area contributed by atoms with Gasteiger partial charge < -0.3 is 30.3 Å². The van der Waals surface area contributed by atoms with E-state index in [1.807, 2.05) is 0 Å². The number of aliphatic hydroxyl groups is 5. The van der Waals surface area contributed by atoms with Crippen molar-refractivity contribution < 1.29 is 30.3 Å². The van der Waals surface area contributed by atoms with Crippen LogP contribution in [0, 0.1) is 0 Å². The molecule has 0 aromatic heterocycles. The van der Waals surface area contributed by atoms with Gasteiger partial charge in [-0.1, -0.05) is 0 Å². The molecule has 0 spiro atoms. The fourth-order valence-electron chi connectivity index (χ4n) is 0.868. The van der Waals surface area contributed by atoms with Crippen LogP contribution in [0.2, 0.25) is 0 Å². The molecule has 3 atom stereocenters. The van der Waals surface area contributed by atoms with Gasteiger partial charge in [0.1, 0.15) is 6.10 Å². The van der Waals surface area contributed by atoms with Crippen LogP contribution in [-0.2, 0) is 4.74 Å². The lowest BCUT2D eigenvalue weighted by Crippen LogP contribution is -2.23. The molecule has 1 aliphatic heterocycles. The molecule has 0 aliphatic carbocycles. The van der Waals surface area contributed by atoms with Gasteiger partial charge in [0.15, 0.2) is 17.6 Å². The summed E-state index contributed by atoms with van der Waals surface area (Å²) in [4.78, 5) is 0. The SMILES string of the molecule is OC[C@@H](O)C1=C(O)[C@@H](O)C(O)O1. The van der Waals surface area contributed by atoms with Gasteiger partial charge in [0.25, 0.3) is 0 Å². The molecule has 1 aliphatic rings. The Hall–Kier alpha value is -0.820. The number of ether oxygens (including phenoxy) is 1. The molecular weight excluding hydrogens is 168 g/mol. The van der Waals surface area contributed by atoms with Gasteiger partial charge in [-0.15, -0.1) is 0 Å². The van der Waals surface area contributed by atoms with Crippen LogP contribution in [0.5, 0.6) is 0 Å². The molecule has 0 saturated carbocycles. The van der Waals surface area contributed by atoms with Crippen LogP contribution in [-0.4, -0.2) is 50.6 Å². The van der Waals surface area contributed by atoms with E-state index in [2.05, 4.69) is 4.74 Å². The molecule has 5 N–H and O–H groups in total. The minimum atomic E-state index is -1.58. The van der Waals surface area contributed by atoms with Gasteiger partial charge in [0.2, 0.25) is 6.29 Å². The van der Waals surface area contributed by atoms with E-state index in [0.29, 0.717) is 0 Å². The molecule has 12 heavy (non-hydrogen) atoms. The maximum Gasteiger partial charge on any atom is 0.231 e. The van der Waals surface area contributed by atoms with Crippen molar-refractivity contribution >= 4 is 0 Å². The Balaban J connectivity index is 2.77. The number of hydrogen-bond acceptors (Lipinski definition) is 6. The van der Waals surface area contributed by atoms with Gasteiger partial charge in [-0.05, 0) is 0 Å². The van der Waals surface area contributed by atoms with Crippen LogP contribution in [0.4, 0.5) is 0 Å². The van der Waals surface area contributed by atoms with E-state index in [0.717, 1.165) is 0 Å². The summed E-state index contributed by atoms with van der Waals surface area (Å²) < 4.78 is 4.46. The Bertz CT molecular complexity index is 200. The van der Waals surface area contributed by atoms with Gasteiger partial charge in [0, 0.05) is 0 Å². The Kier molecular flexibility index (Phi) is 2.53. The first-order valence-corrected chi connectivity index (χ1v) is 3.32. The highest BCUT2D eigenvalue weighted by atomic mass is 16.6. The first kappa shape index (κ1) is 9.27. The van der Waals surface area contributed by atoms with Crippen molar-refractivity contribution in [2.45, 2.75) is 18.5 Å². The quantitative estimate of drug-likeness (QED) is 0.329. The zero-order chi connectivity index (χ0) is 9.30. The van der Waals surface area contributed by atoms with Crippen molar-refractivity contribution in [3.8, 4) is 0 Å². The van der Waals surface area contributed by atoms with Gasteiger partial charge in [-0.25, -0.2) is 0 Å². The third-order valence-corrected chi connectivity index (χ3v) is 1.53. The third kappa shape index (κ3) is 1.37. The van der Waals surface area contributed by atoms with Crippen LogP contribution in [0.1, 0.15) is 0 Å². The van der Waals surface area contributed by atoms with Crippen LogP contribution in [0.15, 0.2) is 11.5 Å². The van der Waals surface area contributed by atoms with E-state index >= 15 is 0 Å². The number of rotatable bonds is 2. The second-order valence-electron chi connectivity index (χ2n) is 2.40. The molecule has 0 aromatic carbocycles. The fraction of sp³-hybridized carbons (Fsp3) is 0.667. The van der Waals surface area contributed by atoms with Crippen molar-refractivity contribution in [1.29, 1.82) is 0 Å². The van der Waals surface area contributed by atoms with Crippen molar-refractivity contribution in [2.75, 3.05) is 6.61 Å². The average molecular weight is 178 g/mol. The molecule has 0 radical (unpaired) electrons. The maximum atomic E-state index is 9.00. The second kappa shape index (κ2) is 3.28. The van der Waals surface area contributed by atoms with Gasteiger partial charge >= 0.3 is 0 Å². The summed E-state index contributed by atoms with van der Waals surface area (Å²) in [5.41, 5.74) is 0. The van der Waals surface area contributed by atoms with Crippen molar-refractivity contribution in [3.05, 3.63) is 11.5 Å². The van der Waals surface area contributed by atoms with Gasteiger partial charge in [-0.2, -0.15) is 0 Å². The minimum Gasteiger partial charge on any atom is -0.506 e. The van der Waals surface area contributed by atoms with Crippen molar-refractivity contribution in [3.63, 3.8) is 0 Å². The summed E-state index contributed by atoms with van der Waals surface area (Å²) in [6, 6.07) is 0. The van der Waals surface area contributed by atoms with Crippen LogP contribution >= 0.6 is 0 Å². The van der Waals surface area contributed by atoms with E-state index in [1.54, 1.807) is 0 Å². The predicted octanol–water partition coefficient (Wildman–Crippen LogP) is -2.18. The zero-order valence-corrected chi connectivity index (χ0v) is 6.08. The molecule has 0 bridgehead atoms. The zero-order valence-electron chi connectivity index (χ0n) is 6.08. The summed E-state index contributed by atoms with van der Waals surface area (Å²) in [5, 5.41) is 44.1. The first-order chi connectivity index (χ1) is 5.57. The van der Waals surface area contributed by atoms with Crippen molar-refractivity contribution in [2.24, 2.45) is 0 Å². The lowest BCUT2D eigenvalue weighted by molar-refractivity contribution is -0.115. The molecule has 1 heterocycles. The summed E-state index contributed by atoms with van der Waals surface area (Å²) in [6.45, 7) is -0.654. The van der Waals surface area contributed by atoms with Crippen molar-refractivity contribution in [1.82, 2.24) is 0 Å². The fourth-order valence-corrected chi connectivity index (χ4v) is 0.868. The standard InChI is InChI=1S/C6H10O6/c7-1-2(8)5-3(9)4(10)6(11)12-5/h2,4,6-11H,1H2/t2-,4-,6?/m1/s1. The molecule has 6 heteroatoms. The highest BCUT2D eigenvalue weighted by Crippen LogP contribution is 2.24. The molecule has 0 fully saturated rings.